The van der Waals surface area contributed by atoms with Gasteiger partial charge in [0.1, 0.15) is 6.54 Å². The molecule has 0 unspecified atom stereocenters. The molecule has 1 aliphatic heterocycles. The number of nitrogens with one attached hydrogen (secondary N) is 1. The molecule has 1 aliphatic rings. The molecule has 6 heteroatoms. The molecule has 0 spiro atoms. The number of hydrogen-bond acceptors (Lipinski definition) is 2. The van der Waals surface area contributed by atoms with Gasteiger partial charge in [-0.1, -0.05) is 29.3 Å². The molecule has 0 radical (unpaired) electrons. The average molecular weight is 328 g/mol. The summed E-state index contributed by atoms with van der Waals surface area (Å²) in [4.78, 5) is 14.0. The van der Waals surface area contributed by atoms with Crippen LogP contribution in [0.2, 0.25) is 0 Å². The second-order valence-corrected chi connectivity index (χ2v) is 6.38. The number of rotatable bonds is 4. The standard InChI is InChI=1S/C17H23F3N2O/c1-12-7-13(2)9-14(8-12)10-22-5-3-15(4-6-22)16(23)21-11-17(18,19)20/h7-9,15H,3-6,10-11H2,1-2H3,(H,21,23). The SMILES string of the molecule is Cc1cc(C)cc(CN2CCC(C(=O)NCC(F)(F)F)CC2)c1. The van der Waals surface area contributed by atoms with E-state index in [4.69, 9.17) is 0 Å². The van der Waals surface area contributed by atoms with Gasteiger partial charge in [0.05, 0.1) is 0 Å². The number of halogens is 3. The molecule has 1 aromatic carbocycles. The molecular formula is C17H23F3N2O. The van der Waals surface area contributed by atoms with E-state index in [-0.39, 0.29) is 5.92 Å². The predicted octanol–water partition coefficient (Wildman–Crippen LogP) is 3.19. The summed E-state index contributed by atoms with van der Waals surface area (Å²) < 4.78 is 36.4. The Morgan fingerprint density at radius 1 is 1.17 bits per heavy atom. The third kappa shape index (κ3) is 5.86. The Kier molecular flexibility index (Phi) is 5.68. The van der Waals surface area contributed by atoms with Gasteiger partial charge in [-0.3, -0.25) is 9.69 Å². The van der Waals surface area contributed by atoms with Gasteiger partial charge in [0.2, 0.25) is 5.91 Å². The first kappa shape index (κ1) is 17.8. The molecule has 0 aromatic heterocycles. The van der Waals surface area contributed by atoms with E-state index >= 15 is 0 Å². The van der Waals surface area contributed by atoms with Crippen molar-refractivity contribution in [2.45, 2.75) is 39.4 Å². The zero-order valence-electron chi connectivity index (χ0n) is 13.5. The molecule has 1 aromatic rings. The van der Waals surface area contributed by atoms with Gasteiger partial charge >= 0.3 is 6.18 Å². The maximum Gasteiger partial charge on any atom is 0.405 e. The maximum absolute atomic E-state index is 12.1. The molecule has 1 fully saturated rings. The summed E-state index contributed by atoms with van der Waals surface area (Å²) in [7, 11) is 0. The minimum atomic E-state index is -4.35. The maximum atomic E-state index is 12.1. The van der Waals surface area contributed by atoms with E-state index in [1.54, 1.807) is 0 Å². The van der Waals surface area contributed by atoms with Crippen LogP contribution in [0.3, 0.4) is 0 Å². The van der Waals surface area contributed by atoms with E-state index < -0.39 is 18.6 Å². The van der Waals surface area contributed by atoms with Crippen molar-refractivity contribution in [3.63, 3.8) is 0 Å². The second-order valence-electron chi connectivity index (χ2n) is 6.38. The number of alkyl halides is 3. The van der Waals surface area contributed by atoms with Crippen LogP contribution >= 0.6 is 0 Å². The van der Waals surface area contributed by atoms with E-state index in [2.05, 4.69) is 36.9 Å². The molecule has 128 valence electrons. The highest BCUT2D eigenvalue weighted by Crippen LogP contribution is 2.21. The molecule has 1 heterocycles. The Morgan fingerprint density at radius 2 is 1.74 bits per heavy atom. The van der Waals surface area contributed by atoms with Crippen LogP contribution in [0.5, 0.6) is 0 Å². The quantitative estimate of drug-likeness (QED) is 0.921. The minimum Gasteiger partial charge on any atom is -0.347 e. The van der Waals surface area contributed by atoms with Gasteiger partial charge in [-0.05, 0) is 45.3 Å². The largest absolute Gasteiger partial charge is 0.405 e. The fourth-order valence-corrected chi connectivity index (χ4v) is 3.10. The highest BCUT2D eigenvalue weighted by Gasteiger charge is 2.30. The van der Waals surface area contributed by atoms with Gasteiger partial charge in [0.15, 0.2) is 0 Å². The van der Waals surface area contributed by atoms with Crippen LogP contribution in [-0.4, -0.2) is 36.6 Å². The van der Waals surface area contributed by atoms with Crippen molar-refractivity contribution in [2.75, 3.05) is 19.6 Å². The van der Waals surface area contributed by atoms with Gasteiger partial charge in [-0.15, -0.1) is 0 Å². The third-order valence-corrected chi connectivity index (χ3v) is 4.11. The molecular weight excluding hydrogens is 305 g/mol. The fourth-order valence-electron chi connectivity index (χ4n) is 3.10. The summed E-state index contributed by atoms with van der Waals surface area (Å²) >= 11 is 0. The van der Waals surface area contributed by atoms with Crippen LogP contribution in [0, 0.1) is 19.8 Å². The highest BCUT2D eigenvalue weighted by atomic mass is 19.4. The number of carbonyl (C=O) groups is 1. The van der Waals surface area contributed by atoms with E-state index in [0.717, 1.165) is 19.6 Å². The molecule has 1 N–H and O–H groups in total. The summed E-state index contributed by atoms with van der Waals surface area (Å²) in [6.07, 6.45) is -3.14. The van der Waals surface area contributed by atoms with Crippen LogP contribution < -0.4 is 5.32 Å². The lowest BCUT2D eigenvalue weighted by Crippen LogP contribution is -2.42. The zero-order valence-corrected chi connectivity index (χ0v) is 13.5. The first-order valence-electron chi connectivity index (χ1n) is 7.87. The predicted molar refractivity (Wildman–Crippen MR) is 83.0 cm³/mol. The summed E-state index contributed by atoms with van der Waals surface area (Å²) in [6.45, 7) is 5.17. The number of amides is 1. The average Bonchev–Trinajstić information content (AvgIpc) is 2.43. The Labute approximate surface area is 134 Å². The molecule has 0 atom stereocenters. The van der Waals surface area contributed by atoms with Crippen LogP contribution in [0.1, 0.15) is 29.5 Å². The second kappa shape index (κ2) is 7.34. The molecule has 0 saturated carbocycles. The topological polar surface area (TPSA) is 32.3 Å². The molecule has 23 heavy (non-hydrogen) atoms. The van der Waals surface area contributed by atoms with Crippen molar-refractivity contribution in [1.82, 2.24) is 10.2 Å². The molecule has 0 bridgehead atoms. The zero-order chi connectivity index (χ0) is 17.0. The van der Waals surface area contributed by atoms with E-state index in [1.165, 1.54) is 16.7 Å². The van der Waals surface area contributed by atoms with Crippen LogP contribution in [0.4, 0.5) is 13.2 Å². The highest BCUT2D eigenvalue weighted by molar-refractivity contribution is 5.78. The van der Waals surface area contributed by atoms with Crippen molar-refractivity contribution in [2.24, 2.45) is 5.92 Å². The summed E-state index contributed by atoms with van der Waals surface area (Å²) in [5, 5.41) is 1.99. The molecule has 2 rings (SSSR count). The lowest BCUT2D eigenvalue weighted by atomic mass is 9.95. The Morgan fingerprint density at radius 3 is 2.26 bits per heavy atom. The van der Waals surface area contributed by atoms with Gasteiger partial charge in [0, 0.05) is 12.5 Å². The number of likely N-dealkylation sites (tertiary alicyclic amines) is 1. The van der Waals surface area contributed by atoms with Crippen molar-refractivity contribution < 1.29 is 18.0 Å². The number of hydrogen-bond donors (Lipinski definition) is 1. The molecule has 1 amide bonds. The number of benzene rings is 1. The van der Waals surface area contributed by atoms with Gasteiger partial charge in [-0.25, -0.2) is 0 Å². The first-order valence-corrected chi connectivity index (χ1v) is 7.87. The summed E-state index contributed by atoms with van der Waals surface area (Å²) in [6, 6.07) is 6.42. The Hall–Kier alpha value is -1.56. The minimum absolute atomic E-state index is 0.312. The number of piperidine rings is 1. The van der Waals surface area contributed by atoms with Crippen LogP contribution in [0.15, 0.2) is 18.2 Å². The summed E-state index contributed by atoms with van der Waals surface area (Å²) in [5.41, 5.74) is 3.69. The number of nitrogens with zero attached hydrogens (tertiary/aromatic N) is 1. The Balaban J connectivity index is 1.80. The lowest BCUT2D eigenvalue weighted by Gasteiger charge is -2.31. The van der Waals surface area contributed by atoms with Crippen molar-refractivity contribution in [3.05, 3.63) is 34.9 Å². The smallest absolute Gasteiger partial charge is 0.347 e. The molecule has 1 saturated heterocycles. The van der Waals surface area contributed by atoms with E-state index in [1.807, 2.05) is 5.32 Å². The Bertz CT molecular complexity index is 529. The van der Waals surface area contributed by atoms with Gasteiger partial charge in [0.25, 0.3) is 0 Å². The molecule has 0 aliphatic carbocycles. The monoisotopic (exact) mass is 328 g/mol. The van der Waals surface area contributed by atoms with Gasteiger partial charge < -0.3 is 5.32 Å². The third-order valence-electron chi connectivity index (χ3n) is 4.11. The van der Waals surface area contributed by atoms with Crippen molar-refractivity contribution >= 4 is 5.91 Å². The van der Waals surface area contributed by atoms with Crippen LogP contribution in [-0.2, 0) is 11.3 Å². The molecule has 3 nitrogen and oxygen atoms in total. The lowest BCUT2D eigenvalue weighted by molar-refractivity contribution is -0.141. The van der Waals surface area contributed by atoms with E-state index in [0.29, 0.717) is 12.8 Å². The van der Waals surface area contributed by atoms with Crippen LogP contribution in [0.25, 0.3) is 0 Å². The van der Waals surface area contributed by atoms with Crippen molar-refractivity contribution in [1.29, 1.82) is 0 Å². The van der Waals surface area contributed by atoms with E-state index in [9.17, 15) is 18.0 Å². The summed E-state index contributed by atoms with van der Waals surface area (Å²) in [5.74, 6) is -0.791. The normalized spacial score (nSPS) is 17.3. The first-order chi connectivity index (χ1) is 10.7. The van der Waals surface area contributed by atoms with Crippen molar-refractivity contribution in [3.8, 4) is 0 Å². The number of aryl methyl sites for hydroxylation is 2. The number of carbonyl (C=O) groups excluding carboxylic acids is 1. The fraction of sp³-hybridized carbons (Fsp3) is 0.588. The van der Waals surface area contributed by atoms with Gasteiger partial charge in [-0.2, -0.15) is 13.2 Å².